The molecule has 0 aliphatic heterocycles. The van der Waals surface area contributed by atoms with Crippen molar-refractivity contribution in [1.82, 2.24) is 20.6 Å². The van der Waals surface area contributed by atoms with E-state index < -0.39 is 11.3 Å². The van der Waals surface area contributed by atoms with Crippen molar-refractivity contribution in [2.45, 2.75) is 24.3 Å². The Bertz CT molecular complexity index is 642. The lowest BCUT2D eigenvalue weighted by Crippen LogP contribution is -2.42. The lowest BCUT2D eigenvalue weighted by atomic mass is 10.2. The molecule has 6 nitrogen and oxygen atoms in total. The number of urea groups is 1. The summed E-state index contributed by atoms with van der Waals surface area (Å²) in [5, 5.41) is 5.01. The summed E-state index contributed by atoms with van der Waals surface area (Å²) in [6.07, 6.45) is 1.73. The number of carbonyl (C=O) groups excluding carboxylic acids is 2. The molecule has 1 atom stereocenters. The fourth-order valence-corrected chi connectivity index (χ4v) is 2.55. The maximum Gasteiger partial charge on any atom is 0.321 e. The van der Waals surface area contributed by atoms with Crippen molar-refractivity contribution >= 4 is 23.7 Å². The Balaban J connectivity index is 1.95. The van der Waals surface area contributed by atoms with Crippen LogP contribution in [0.5, 0.6) is 0 Å². The number of aromatic nitrogens is 2. The van der Waals surface area contributed by atoms with Gasteiger partial charge in [0.15, 0.2) is 5.16 Å². The molecule has 1 unspecified atom stereocenters. The van der Waals surface area contributed by atoms with Crippen LogP contribution in [0.1, 0.15) is 13.8 Å². The van der Waals surface area contributed by atoms with Gasteiger partial charge in [-0.05, 0) is 19.4 Å². The molecule has 3 amide bonds. The van der Waals surface area contributed by atoms with Crippen molar-refractivity contribution in [3.63, 3.8) is 0 Å². The summed E-state index contributed by atoms with van der Waals surface area (Å²) in [6.45, 7) is 3.99. The molecule has 1 aromatic heterocycles. The van der Waals surface area contributed by atoms with Crippen LogP contribution in [0.25, 0.3) is 11.3 Å². The third-order valence-corrected chi connectivity index (χ3v) is 3.87. The lowest BCUT2D eigenvalue weighted by Gasteiger charge is -2.09. The predicted octanol–water partition coefficient (Wildman–Crippen LogP) is 2.40. The van der Waals surface area contributed by atoms with E-state index in [1.54, 1.807) is 20.0 Å². The van der Waals surface area contributed by atoms with E-state index in [2.05, 4.69) is 20.6 Å². The maximum absolute atomic E-state index is 11.9. The summed E-state index contributed by atoms with van der Waals surface area (Å²) in [7, 11) is 0. The Hall–Kier alpha value is -2.28. The molecule has 116 valence electrons. The molecule has 0 saturated heterocycles. The van der Waals surface area contributed by atoms with Crippen molar-refractivity contribution in [2.24, 2.45) is 0 Å². The van der Waals surface area contributed by atoms with E-state index in [-0.39, 0.29) is 5.91 Å². The summed E-state index contributed by atoms with van der Waals surface area (Å²) in [5.74, 6) is -0.353. The van der Waals surface area contributed by atoms with Gasteiger partial charge in [0, 0.05) is 6.54 Å². The summed E-state index contributed by atoms with van der Waals surface area (Å²) >= 11 is 1.27. The predicted molar refractivity (Wildman–Crippen MR) is 86.6 cm³/mol. The Kier molecular flexibility index (Phi) is 5.60. The second kappa shape index (κ2) is 7.65. The van der Waals surface area contributed by atoms with E-state index in [0.29, 0.717) is 11.7 Å². The number of nitrogens with zero attached hydrogens (tertiary/aromatic N) is 1. The molecular formula is C15H18N4O2S. The summed E-state index contributed by atoms with van der Waals surface area (Å²) in [5.41, 5.74) is 1.92. The number of amides is 3. The zero-order chi connectivity index (χ0) is 15.9. The van der Waals surface area contributed by atoms with Crippen molar-refractivity contribution in [3.05, 3.63) is 36.5 Å². The highest BCUT2D eigenvalue weighted by molar-refractivity contribution is 8.00. The van der Waals surface area contributed by atoms with Crippen LogP contribution in [0.4, 0.5) is 4.79 Å². The van der Waals surface area contributed by atoms with E-state index in [1.807, 2.05) is 30.3 Å². The molecule has 1 heterocycles. The highest BCUT2D eigenvalue weighted by atomic mass is 32.2. The minimum atomic E-state index is -0.482. The number of aromatic amines is 1. The second-order valence-corrected chi connectivity index (χ2v) is 5.91. The molecule has 0 saturated carbocycles. The summed E-state index contributed by atoms with van der Waals surface area (Å²) in [6, 6.07) is 9.32. The fourth-order valence-electron chi connectivity index (χ4n) is 1.77. The van der Waals surface area contributed by atoms with Crippen LogP contribution < -0.4 is 10.6 Å². The van der Waals surface area contributed by atoms with Gasteiger partial charge in [0.25, 0.3) is 0 Å². The van der Waals surface area contributed by atoms with E-state index in [1.165, 1.54) is 11.8 Å². The maximum atomic E-state index is 11.9. The van der Waals surface area contributed by atoms with E-state index >= 15 is 0 Å². The summed E-state index contributed by atoms with van der Waals surface area (Å²) in [4.78, 5) is 30.6. The zero-order valence-corrected chi connectivity index (χ0v) is 13.2. The minimum absolute atomic E-state index is 0.353. The van der Waals surface area contributed by atoms with E-state index in [0.717, 1.165) is 11.3 Å². The fraction of sp³-hybridized carbons (Fsp3) is 0.267. The highest BCUT2D eigenvalue weighted by Crippen LogP contribution is 2.24. The Morgan fingerprint density at radius 3 is 2.73 bits per heavy atom. The SMILES string of the molecule is CCNC(=O)NC(=O)C(C)Sc1ncc(-c2ccccc2)[nH]1. The van der Waals surface area contributed by atoms with Crippen molar-refractivity contribution in [2.75, 3.05) is 6.54 Å². The number of rotatable bonds is 5. The topological polar surface area (TPSA) is 86.9 Å². The molecule has 0 bridgehead atoms. The number of imidazole rings is 1. The molecule has 0 aliphatic carbocycles. The average Bonchev–Trinajstić information content (AvgIpc) is 2.96. The van der Waals surface area contributed by atoms with Gasteiger partial charge in [-0.25, -0.2) is 9.78 Å². The van der Waals surface area contributed by atoms with Crippen LogP contribution in [0.2, 0.25) is 0 Å². The third kappa shape index (κ3) is 4.36. The Morgan fingerprint density at radius 1 is 1.32 bits per heavy atom. The standard InChI is InChI=1S/C15H18N4O2S/c1-3-16-14(21)19-13(20)10(2)22-15-17-9-12(18-15)11-7-5-4-6-8-11/h4-10H,3H2,1-2H3,(H,17,18)(H2,16,19,20,21). The normalized spacial score (nSPS) is 11.7. The first-order valence-corrected chi connectivity index (χ1v) is 7.84. The number of thioether (sulfide) groups is 1. The molecule has 22 heavy (non-hydrogen) atoms. The molecule has 0 aliphatic rings. The molecule has 3 N–H and O–H groups in total. The van der Waals surface area contributed by atoms with Crippen LogP contribution >= 0.6 is 11.8 Å². The van der Waals surface area contributed by atoms with Crippen LogP contribution in [0.15, 0.2) is 41.7 Å². The number of H-pyrrole nitrogens is 1. The van der Waals surface area contributed by atoms with Crippen molar-refractivity contribution in [1.29, 1.82) is 0 Å². The molecule has 2 aromatic rings. The minimum Gasteiger partial charge on any atom is -0.338 e. The number of carbonyl (C=O) groups is 2. The van der Waals surface area contributed by atoms with Gasteiger partial charge in [-0.2, -0.15) is 0 Å². The number of hydrogen-bond donors (Lipinski definition) is 3. The van der Waals surface area contributed by atoms with Crippen LogP contribution in [0.3, 0.4) is 0 Å². The third-order valence-electron chi connectivity index (χ3n) is 2.87. The number of nitrogens with one attached hydrogen (secondary N) is 3. The Labute approximate surface area is 133 Å². The average molecular weight is 318 g/mol. The van der Waals surface area contributed by atoms with Crippen LogP contribution in [-0.4, -0.2) is 33.7 Å². The van der Waals surface area contributed by atoms with Gasteiger partial charge in [0.1, 0.15) is 0 Å². The first-order chi connectivity index (χ1) is 10.6. The Morgan fingerprint density at radius 2 is 2.05 bits per heavy atom. The van der Waals surface area contributed by atoms with Gasteiger partial charge in [-0.3, -0.25) is 10.1 Å². The number of benzene rings is 1. The van der Waals surface area contributed by atoms with Gasteiger partial charge in [-0.1, -0.05) is 42.1 Å². The molecule has 2 rings (SSSR count). The zero-order valence-electron chi connectivity index (χ0n) is 12.4. The van der Waals surface area contributed by atoms with Gasteiger partial charge in [-0.15, -0.1) is 0 Å². The number of hydrogen-bond acceptors (Lipinski definition) is 4. The largest absolute Gasteiger partial charge is 0.338 e. The molecular weight excluding hydrogens is 300 g/mol. The van der Waals surface area contributed by atoms with Gasteiger partial charge in [0.05, 0.1) is 17.1 Å². The van der Waals surface area contributed by atoms with E-state index in [9.17, 15) is 9.59 Å². The molecule has 0 spiro atoms. The van der Waals surface area contributed by atoms with Crippen molar-refractivity contribution < 1.29 is 9.59 Å². The highest BCUT2D eigenvalue weighted by Gasteiger charge is 2.18. The van der Waals surface area contributed by atoms with Gasteiger partial charge in [0.2, 0.25) is 5.91 Å². The van der Waals surface area contributed by atoms with Crippen LogP contribution in [0, 0.1) is 0 Å². The molecule has 7 heteroatoms. The van der Waals surface area contributed by atoms with Crippen LogP contribution in [-0.2, 0) is 4.79 Å². The second-order valence-electron chi connectivity index (χ2n) is 4.58. The summed E-state index contributed by atoms with van der Waals surface area (Å²) < 4.78 is 0. The first kappa shape index (κ1) is 16.1. The molecule has 0 fully saturated rings. The number of imide groups is 1. The van der Waals surface area contributed by atoms with Gasteiger partial charge < -0.3 is 10.3 Å². The smallest absolute Gasteiger partial charge is 0.321 e. The molecule has 0 radical (unpaired) electrons. The first-order valence-electron chi connectivity index (χ1n) is 6.96. The van der Waals surface area contributed by atoms with E-state index in [4.69, 9.17) is 0 Å². The quantitative estimate of drug-likeness (QED) is 0.739. The lowest BCUT2D eigenvalue weighted by molar-refractivity contribution is -0.119. The molecule has 1 aromatic carbocycles. The van der Waals surface area contributed by atoms with Gasteiger partial charge >= 0.3 is 6.03 Å². The van der Waals surface area contributed by atoms with Crippen molar-refractivity contribution in [3.8, 4) is 11.3 Å². The monoisotopic (exact) mass is 318 g/mol.